The van der Waals surface area contributed by atoms with E-state index in [4.69, 9.17) is 4.42 Å². The van der Waals surface area contributed by atoms with E-state index in [0.717, 1.165) is 10.2 Å². The van der Waals surface area contributed by atoms with Crippen LogP contribution in [0, 0.1) is 0 Å². The molecule has 0 radical (unpaired) electrons. The Morgan fingerprint density at radius 2 is 1.95 bits per heavy atom. The van der Waals surface area contributed by atoms with Crippen LogP contribution in [0.25, 0.3) is 5.69 Å². The molecule has 20 heavy (non-hydrogen) atoms. The quantitative estimate of drug-likeness (QED) is 0.733. The van der Waals surface area contributed by atoms with Crippen LogP contribution in [-0.4, -0.2) is 20.1 Å². The minimum Gasteiger partial charge on any atom is -0.450 e. The third kappa shape index (κ3) is 2.44. The standard InChI is InChI=1S/C13H9Br2N3O2/c14-9-6-11(20-13(9)15)12(19)10-7-16-17-18(10)8-4-2-1-3-5-8/h1-7,12,19H. The van der Waals surface area contributed by atoms with Crippen LogP contribution in [0.15, 0.2) is 56.2 Å². The highest BCUT2D eigenvalue weighted by molar-refractivity contribution is 9.13. The van der Waals surface area contributed by atoms with Gasteiger partial charge in [0, 0.05) is 0 Å². The average molecular weight is 399 g/mol. The summed E-state index contributed by atoms with van der Waals surface area (Å²) in [5, 5.41) is 18.3. The second kappa shape index (κ2) is 5.51. The van der Waals surface area contributed by atoms with Gasteiger partial charge in [0.15, 0.2) is 10.8 Å². The highest BCUT2D eigenvalue weighted by atomic mass is 79.9. The molecule has 102 valence electrons. The Hall–Kier alpha value is -1.44. The van der Waals surface area contributed by atoms with Gasteiger partial charge in [-0.15, -0.1) is 5.10 Å². The summed E-state index contributed by atoms with van der Waals surface area (Å²) in [5.41, 5.74) is 1.36. The molecule has 0 fully saturated rings. The summed E-state index contributed by atoms with van der Waals surface area (Å²) in [6, 6.07) is 11.2. The number of aliphatic hydroxyl groups excluding tert-OH is 1. The number of hydrogen-bond acceptors (Lipinski definition) is 4. The van der Waals surface area contributed by atoms with Gasteiger partial charge in [-0.05, 0) is 50.1 Å². The van der Waals surface area contributed by atoms with Gasteiger partial charge in [0.05, 0.1) is 16.4 Å². The van der Waals surface area contributed by atoms with Gasteiger partial charge < -0.3 is 9.52 Å². The summed E-state index contributed by atoms with van der Waals surface area (Å²) >= 11 is 6.57. The normalized spacial score (nSPS) is 12.6. The van der Waals surface area contributed by atoms with Crippen LogP contribution in [-0.2, 0) is 0 Å². The molecule has 0 aliphatic carbocycles. The second-order valence-electron chi connectivity index (χ2n) is 4.08. The predicted octanol–water partition coefficient (Wildman–Crippen LogP) is 3.47. The minimum atomic E-state index is -0.951. The molecule has 3 rings (SSSR count). The van der Waals surface area contributed by atoms with E-state index in [0.29, 0.717) is 16.1 Å². The largest absolute Gasteiger partial charge is 0.450 e. The molecule has 1 unspecified atom stereocenters. The van der Waals surface area contributed by atoms with Crippen molar-refractivity contribution in [3.63, 3.8) is 0 Å². The summed E-state index contributed by atoms with van der Waals surface area (Å²) < 4.78 is 8.29. The number of hydrogen-bond donors (Lipinski definition) is 1. The van der Waals surface area contributed by atoms with E-state index in [1.165, 1.54) is 6.20 Å². The van der Waals surface area contributed by atoms with E-state index in [1.54, 1.807) is 10.7 Å². The first-order valence-electron chi connectivity index (χ1n) is 5.75. The first-order chi connectivity index (χ1) is 9.66. The zero-order valence-corrected chi connectivity index (χ0v) is 13.2. The third-order valence-electron chi connectivity index (χ3n) is 2.79. The lowest BCUT2D eigenvalue weighted by Crippen LogP contribution is -2.07. The van der Waals surface area contributed by atoms with E-state index in [2.05, 4.69) is 42.2 Å². The SMILES string of the molecule is OC(c1cc(Br)c(Br)o1)c1cnnn1-c1ccccc1. The van der Waals surface area contributed by atoms with Gasteiger partial charge in [-0.2, -0.15) is 0 Å². The fraction of sp³-hybridized carbons (Fsp3) is 0.0769. The monoisotopic (exact) mass is 397 g/mol. The zero-order valence-electron chi connectivity index (χ0n) is 10.1. The maximum absolute atomic E-state index is 10.4. The molecule has 5 nitrogen and oxygen atoms in total. The van der Waals surface area contributed by atoms with Crippen molar-refractivity contribution in [3.05, 3.63) is 63.2 Å². The number of benzene rings is 1. The summed E-state index contributed by atoms with van der Waals surface area (Å²) in [4.78, 5) is 0. The molecular formula is C13H9Br2N3O2. The van der Waals surface area contributed by atoms with Gasteiger partial charge >= 0.3 is 0 Å². The highest BCUT2D eigenvalue weighted by Crippen LogP contribution is 2.32. The number of furan rings is 1. The zero-order chi connectivity index (χ0) is 14.1. The number of rotatable bonds is 3. The van der Waals surface area contributed by atoms with Gasteiger partial charge in [0.2, 0.25) is 0 Å². The number of halogens is 2. The topological polar surface area (TPSA) is 64.1 Å². The van der Waals surface area contributed by atoms with Crippen molar-refractivity contribution in [1.82, 2.24) is 15.0 Å². The van der Waals surface area contributed by atoms with Crippen molar-refractivity contribution in [2.75, 3.05) is 0 Å². The van der Waals surface area contributed by atoms with Crippen LogP contribution >= 0.6 is 31.9 Å². The Kier molecular flexibility index (Phi) is 3.73. The Balaban J connectivity index is 2.01. The minimum absolute atomic E-state index is 0.406. The van der Waals surface area contributed by atoms with E-state index in [1.807, 2.05) is 30.3 Å². The van der Waals surface area contributed by atoms with E-state index >= 15 is 0 Å². The van der Waals surface area contributed by atoms with Crippen molar-refractivity contribution in [3.8, 4) is 5.69 Å². The molecule has 2 aromatic heterocycles. The maximum atomic E-state index is 10.4. The van der Waals surface area contributed by atoms with Crippen LogP contribution in [0.4, 0.5) is 0 Å². The first kappa shape index (κ1) is 13.5. The van der Waals surface area contributed by atoms with Gasteiger partial charge in [-0.25, -0.2) is 4.68 Å². The molecule has 0 saturated carbocycles. The van der Waals surface area contributed by atoms with Crippen LogP contribution in [0.5, 0.6) is 0 Å². The first-order valence-corrected chi connectivity index (χ1v) is 7.34. The fourth-order valence-electron chi connectivity index (χ4n) is 1.84. The lowest BCUT2D eigenvalue weighted by molar-refractivity contribution is 0.180. The van der Waals surface area contributed by atoms with Crippen LogP contribution in [0.3, 0.4) is 0 Å². The number of nitrogens with zero attached hydrogens (tertiary/aromatic N) is 3. The lowest BCUT2D eigenvalue weighted by Gasteiger charge is -2.10. The van der Waals surface area contributed by atoms with E-state index in [-0.39, 0.29) is 0 Å². The van der Waals surface area contributed by atoms with Crippen molar-refractivity contribution in [1.29, 1.82) is 0 Å². The Morgan fingerprint density at radius 3 is 2.60 bits per heavy atom. The smallest absolute Gasteiger partial charge is 0.183 e. The van der Waals surface area contributed by atoms with Crippen molar-refractivity contribution >= 4 is 31.9 Å². The molecule has 0 aliphatic heterocycles. The van der Waals surface area contributed by atoms with Crippen molar-refractivity contribution in [2.45, 2.75) is 6.10 Å². The van der Waals surface area contributed by atoms with Gasteiger partial charge in [0.25, 0.3) is 0 Å². The Morgan fingerprint density at radius 1 is 1.20 bits per heavy atom. The molecule has 0 aliphatic rings. The van der Waals surface area contributed by atoms with Gasteiger partial charge in [-0.3, -0.25) is 0 Å². The molecule has 1 N–H and O–H groups in total. The summed E-state index contributed by atoms with van der Waals surface area (Å²) in [6.45, 7) is 0. The molecule has 7 heteroatoms. The number of para-hydroxylation sites is 1. The molecule has 0 saturated heterocycles. The third-order valence-corrected chi connectivity index (χ3v) is 4.50. The molecule has 3 aromatic rings. The summed E-state index contributed by atoms with van der Waals surface area (Å²) in [6.07, 6.45) is 0.565. The average Bonchev–Trinajstić information content (AvgIpc) is 3.07. The van der Waals surface area contributed by atoms with Crippen molar-refractivity contribution < 1.29 is 9.52 Å². The molecule has 1 atom stereocenters. The fourth-order valence-corrected chi connectivity index (χ4v) is 2.45. The molecule has 0 bridgehead atoms. The van der Waals surface area contributed by atoms with Crippen LogP contribution in [0.2, 0.25) is 0 Å². The molecule has 1 aromatic carbocycles. The predicted molar refractivity (Wildman–Crippen MR) is 79.5 cm³/mol. The van der Waals surface area contributed by atoms with Crippen LogP contribution in [0.1, 0.15) is 17.6 Å². The lowest BCUT2D eigenvalue weighted by atomic mass is 10.2. The summed E-state index contributed by atoms with van der Waals surface area (Å²) in [7, 11) is 0. The molecule has 0 spiro atoms. The highest BCUT2D eigenvalue weighted by Gasteiger charge is 2.22. The molecule has 0 amide bonds. The van der Waals surface area contributed by atoms with Gasteiger partial charge in [-0.1, -0.05) is 23.4 Å². The Labute approximate surface area is 131 Å². The van der Waals surface area contributed by atoms with Gasteiger partial charge in [0.1, 0.15) is 11.5 Å². The van der Waals surface area contributed by atoms with Crippen LogP contribution < -0.4 is 0 Å². The summed E-state index contributed by atoms with van der Waals surface area (Å²) in [5.74, 6) is 0.406. The second-order valence-corrected chi connectivity index (χ2v) is 5.65. The number of aromatic nitrogens is 3. The van der Waals surface area contributed by atoms with E-state index < -0.39 is 6.10 Å². The molecule has 2 heterocycles. The number of aliphatic hydroxyl groups is 1. The van der Waals surface area contributed by atoms with E-state index in [9.17, 15) is 5.11 Å². The Bertz CT molecular complexity index is 705. The maximum Gasteiger partial charge on any atom is 0.183 e. The van der Waals surface area contributed by atoms with Crippen molar-refractivity contribution in [2.24, 2.45) is 0 Å². The molecular weight excluding hydrogens is 390 g/mol.